The first-order valence-electron chi connectivity index (χ1n) is 10.9. The zero-order chi connectivity index (χ0) is 22.4. The van der Waals surface area contributed by atoms with Crippen LogP contribution in [0.4, 0.5) is 0 Å². The molecule has 4 nitrogen and oxygen atoms in total. The molecule has 1 unspecified atom stereocenters. The fourth-order valence-electron chi connectivity index (χ4n) is 4.82. The van der Waals surface area contributed by atoms with Crippen LogP contribution in [0.15, 0.2) is 66.7 Å². The van der Waals surface area contributed by atoms with Crippen LogP contribution in [-0.4, -0.2) is 15.2 Å². The third-order valence-corrected chi connectivity index (χ3v) is 7.63. The summed E-state index contributed by atoms with van der Waals surface area (Å²) in [7, 11) is -1.62. The number of carbonyl (C=O) groups is 1. The molecule has 1 aliphatic carbocycles. The summed E-state index contributed by atoms with van der Waals surface area (Å²) in [5, 5.41) is 10.7. The van der Waals surface area contributed by atoms with Crippen LogP contribution in [0.3, 0.4) is 0 Å². The van der Waals surface area contributed by atoms with Crippen LogP contribution in [0.5, 0.6) is 5.75 Å². The molecule has 1 aliphatic heterocycles. The number of benzene rings is 3. The minimum absolute atomic E-state index is 0.0486. The van der Waals surface area contributed by atoms with Crippen LogP contribution in [0.2, 0.25) is 0 Å². The van der Waals surface area contributed by atoms with Gasteiger partial charge in [-0.1, -0.05) is 62.4 Å². The SMILES string of the molecule is CC(C)c1ccc(-c2cccc3c2CC[C@@H]3c2ccc(C3=CC(=O)NS3=O)c(O)c2)cc1. The fraction of sp³-hybridized carbons (Fsp3) is 0.222. The predicted octanol–water partition coefficient (Wildman–Crippen LogP) is 5.40. The molecule has 2 aliphatic rings. The molecule has 0 spiro atoms. The normalized spacial score (nSPS) is 19.7. The Hall–Kier alpha value is -3.18. The molecule has 3 aromatic carbocycles. The third-order valence-electron chi connectivity index (χ3n) is 6.50. The van der Waals surface area contributed by atoms with Crippen molar-refractivity contribution in [1.29, 1.82) is 0 Å². The molecular formula is C27H25NO3S. The topological polar surface area (TPSA) is 66.4 Å². The summed E-state index contributed by atoms with van der Waals surface area (Å²) in [4.78, 5) is 11.8. The van der Waals surface area contributed by atoms with Crippen molar-refractivity contribution in [3.63, 3.8) is 0 Å². The van der Waals surface area contributed by atoms with E-state index in [9.17, 15) is 14.1 Å². The van der Waals surface area contributed by atoms with Gasteiger partial charge in [-0.15, -0.1) is 0 Å². The molecule has 0 radical (unpaired) electrons. The molecule has 1 heterocycles. The van der Waals surface area contributed by atoms with Crippen LogP contribution in [0, 0.1) is 0 Å². The van der Waals surface area contributed by atoms with Gasteiger partial charge in [-0.3, -0.25) is 9.52 Å². The number of rotatable bonds is 4. The quantitative estimate of drug-likeness (QED) is 0.568. The van der Waals surface area contributed by atoms with Gasteiger partial charge in [0.15, 0.2) is 11.0 Å². The van der Waals surface area contributed by atoms with E-state index in [1.807, 2.05) is 6.07 Å². The average molecular weight is 444 g/mol. The van der Waals surface area contributed by atoms with Crippen LogP contribution in [0.25, 0.3) is 16.0 Å². The van der Waals surface area contributed by atoms with Crippen LogP contribution in [0.1, 0.15) is 59.9 Å². The summed E-state index contributed by atoms with van der Waals surface area (Å²) < 4.78 is 14.4. The zero-order valence-electron chi connectivity index (χ0n) is 18.1. The lowest BCUT2D eigenvalue weighted by Crippen LogP contribution is -2.16. The lowest BCUT2D eigenvalue weighted by molar-refractivity contribution is -0.114. The van der Waals surface area contributed by atoms with E-state index in [2.05, 4.69) is 61.0 Å². The largest absolute Gasteiger partial charge is 0.507 e. The number of amides is 1. The number of carbonyl (C=O) groups excluding carboxylic acids is 1. The van der Waals surface area contributed by atoms with E-state index in [1.165, 1.54) is 33.9 Å². The zero-order valence-corrected chi connectivity index (χ0v) is 18.9. The van der Waals surface area contributed by atoms with E-state index in [0.29, 0.717) is 16.4 Å². The van der Waals surface area contributed by atoms with Crippen LogP contribution >= 0.6 is 0 Å². The molecule has 0 bridgehead atoms. The van der Waals surface area contributed by atoms with Gasteiger partial charge >= 0.3 is 0 Å². The van der Waals surface area contributed by atoms with E-state index in [0.717, 1.165) is 18.4 Å². The summed E-state index contributed by atoms with van der Waals surface area (Å²) in [6.45, 7) is 4.41. The Kier molecular flexibility index (Phi) is 5.22. The van der Waals surface area contributed by atoms with E-state index in [4.69, 9.17) is 0 Å². The molecule has 5 heteroatoms. The van der Waals surface area contributed by atoms with Crippen molar-refractivity contribution in [3.05, 3.63) is 94.6 Å². The fourth-order valence-corrected chi connectivity index (χ4v) is 5.76. The van der Waals surface area contributed by atoms with Gasteiger partial charge in [0.05, 0.1) is 4.91 Å². The first-order valence-corrected chi connectivity index (χ1v) is 12.1. The van der Waals surface area contributed by atoms with Gasteiger partial charge in [0.25, 0.3) is 5.91 Å². The molecule has 162 valence electrons. The maximum Gasteiger partial charge on any atom is 0.257 e. The van der Waals surface area contributed by atoms with Gasteiger partial charge in [-0.25, -0.2) is 4.21 Å². The first-order chi connectivity index (χ1) is 15.4. The van der Waals surface area contributed by atoms with Gasteiger partial charge < -0.3 is 5.11 Å². The van der Waals surface area contributed by atoms with Crippen LogP contribution < -0.4 is 4.72 Å². The highest BCUT2D eigenvalue weighted by atomic mass is 32.2. The minimum atomic E-state index is -1.62. The Morgan fingerprint density at radius 2 is 1.81 bits per heavy atom. The lowest BCUT2D eigenvalue weighted by atomic mass is 9.89. The Labute approximate surface area is 190 Å². The van der Waals surface area contributed by atoms with Crippen molar-refractivity contribution in [3.8, 4) is 16.9 Å². The van der Waals surface area contributed by atoms with E-state index >= 15 is 0 Å². The van der Waals surface area contributed by atoms with Crippen molar-refractivity contribution in [2.24, 2.45) is 0 Å². The third kappa shape index (κ3) is 3.56. The van der Waals surface area contributed by atoms with Crippen molar-refractivity contribution in [2.45, 2.75) is 38.5 Å². The van der Waals surface area contributed by atoms with E-state index < -0.39 is 16.9 Å². The highest BCUT2D eigenvalue weighted by Crippen LogP contribution is 2.44. The number of hydrogen-bond donors (Lipinski definition) is 2. The molecule has 0 saturated carbocycles. The summed E-state index contributed by atoms with van der Waals surface area (Å²) in [5.41, 5.74) is 7.97. The van der Waals surface area contributed by atoms with Crippen molar-refractivity contribution in [2.75, 3.05) is 0 Å². The molecule has 2 atom stereocenters. The summed E-state index contributed by atoms with van der Waals surface area (Å²) in [6.07, 6.45) is 3.24. The predicted molar refractivity (Wildman–Crippen MR) is 128 cm³/mol. The second kappa shape index (κ2) is 8.06. The summed E-state index contributed by atoms with van der Waals surface area (Å²) >= 11 is 0. The molecule has 0 aromatic heterocycles. The number of hydrogen-bond acceptors (Lipinski definition) is 3. The second-order valence-corrected chi connectivity index (χ2v) is 9.94. The molecule has 0 fully saturated rings. The number of aromatic hydroxyl groups is 1. The van der Waals surface area contributed by atoms with Gasteiger partial charge in [0, 0.05) is 17.6 Å². The second-order valence-electron chi connectivity index (χ2n) is 8.76. The van der Waals surface area contributed by atoms with Gasteiger partial charge in [-0.2, -0.15) is 0 Å². The van der Waals surface area contributed by atoms with Crippen molar-refractivity contribution >= 4 is 21.8 Å². The van der Waals surface area contributed by atoms with Gasteiger partial charge in [-0.05, 0) is 64.3 Å². The molecule has 2 N–H and O–H groups in total. The Morgan fingerprint density at radius 3 is 2.47 bits per heavy atom. The van der Waals surface area contributed by atoms with Crippen molar-refractivity contribution in [1.82, 2.24) is 4.72 Å². The number of phenols is 1. The maximum absolute atomic E-state index is 12.1. The highest BCUT2D eigenvalue weighted by molar-refractivity contribution is 7.94. The first kappa shape index (κ1) is 20.7. The molecule has 0 saturated heterocycles. The average Bonchev–Trinajstić information content (AvgIpc) is 3.36. The highest BCUT2D eigenvalue weighted by Gasteiger charge is 2.28. The molecule has 3 aromatic rings. The summed E-state index contributed by atoms with van der Waals surface area (Å²) in [5.74, 6) is 0.354. The van der Waals surface area contributed by atoms with E-state index in [-0.39, 0.29) is 11.7 Å². The minimum Gasteiger partial charge on any atom is -0.507 e. The number of fused-ring (bicyclic) bond motifs is 1. The van der Waals surface area contributed by atoms with Gasteiger partial charge in [0.2, 0.25) is 0 Å². The molecule has 1 amide bonds. The van der Waals surface area contributed by atoms with Crippen molar-refractivity contribution < 1.29 is 14.1 Å². The molecule has 32 heavy (non-hydrogen) atoms. The standard InChI is InChI=1S/C27H25NO3S/c1-16(2)17-6-8-18(9-7-17)20-4-3-5-22-21(12-13-23(20)22)19-10-11-24(25(29)14-19)26-15-27(30)28-32(26)31/h3-11,14-16,21,29H,12-13H2,1-2H3,(H,28,30)/t21-,32?/m1/s1. The maximum atomic E-state index is 12.1. The number of phenolic OH excluding ortho intramolecular Hbond substituents is 1. The Morgan fingerprint density at radius 1 is 1.03 bits per heavy atom. The summed E-state index contributed by atoms with van der Waals surface area (Å²) in [6, 6.07) is 20.8. The molecular weight excluding hydrogens is 418 g/mol. The number of nitrogens with one attached hydrogen (secondary N) is 1. The monoisotopic (exact) mass is 443 g/mol. The van der Waals surface area contributed by atoms with Gasteiger partial charge in [0.1, 0.15) is 5.75 Å². The van der Waals surface area contributed by atoms with E-state index in [1.54, 1.807) is 12.1 Å². The Balaban J connectivity index is 1.48. The lowest BCUT2D eigenvalue weighted by Gasteiger charge is -2.16. The molecule has 5 rings (SSSR count). The Bertz CT molecular complexity index is 1270. The van der Waals surface area contributed by atoms with Crippen LogP contribution in [-0.2, 0) is 22.2 Å². The smallest absolute Gasteiger partial charge is 0.257 e.